The number of amides is 1. The highest BCUT2D eigenvalue weighted by atomic mass is 35.5. The number of hydrogen-bond acceptors (Lipinski definition) is 4. The van der Waals surface area contributed by atoms with Crippen molar-refractivity contribution in [3.05, 3.63) is 28.8 Å². The number of carbonyl (C=O) groups excluding carboxylic acids is 3. The number of ether oxygens (including phenoxy) is 1. The maximum absolute atomic E-state index is 12.9. The SMILES string of the molecule is O=C(COC(=O)C1C[C@H]2CCC[C@@H](C1)C2=O)Nc1ccc(Cl)c(C(F)(F)F)c1. The molecule has 28 heavy (non-hydrogen) atoms. The number of ketones is 1. The van der Waals surface area contributed by atoms with E-state index in [1.165, 1.54) is 6.07 Å². The van der Waals surface area contributed by atoms with Crippen LogP contribution in [0.25, 0.3) is 0 Å². The average Bonchev–Trinajstić information content (AvgIpc) is 2.60. The molecule has 0 aliphatic heterocycles. The number of rotatable bonds is 4. The van der Waals surface area contributed by atoms with E-state index >= 15 is 0 Å². The van der Waals surface area contributed by atoms with Crippen LogP contribution in [-0.2, 0) is 25.3 Å². The van der Waals surface area contributed by atoms with Crippen LogP contribution >= 0.6 is 11.6 Å². The van der Waals surface area contributed by atoms with Crippen molar-refractivity contribution in [2.24, 2.45) is 17.8 Å². The highest BCUT2D eigenvalue weighted by molar-refractivity contribution is 6.31. The van der Waals surface area contributed by atoms with Crippen LogP contribution in [0.2, 0.25) is 5.02 Å². The van der Waals surface area contributed by atoms with Crippen molar-refractivity contribution in [1.82, 2.24) is 0 Å². The third kappa shape index (κ3) is 4.66. The molecule has 2 bridgehead atoms. The molecular formula is C19H19ClF3NO4. The van der Waals surface area contributed by atoms with Crippen molar-refractivity contribution < 1.29 is 32.3 Å². The molecule has 1 unspecified atom stereocenters. The van der Waals surface area contributed by atoms with Gasteiger partial charge in [0.1, 0.15) is 5.78 Å². The summed E-state index contributed by atoms with van der Waals surface area (Å²) in [6.07, 6.45) is -1.26. The molecule has 1 amide bonds. The summed E-state index contributed by atoms with van der Waals surface area (Å²) in [5.41, 5.74) is -1.17. The van der Waals surface area contributed by atoms with Gasteiger partial charge in [0.2, 0.25) is 0 Å². The molecule has 2 aliphatic rings. The van der Waals surface area contributed by atoms with Crippen LogP contribution in [0.5, 0.6) is 0 Å². The van der Waals surface area contributed by atoms with Crippen molar-refractivity contribution in [1.29, 1.82) is 0 Å². The average molecular weight is 418 g/mol. The second-order valence-corrected chi connectivity index (χ2v) is 7.65. The van der Waals surface area contributed by atoms with Crippen LogP contribution < -0.4 is 5.32 Å². The van der Waals surface area contributed by atoms with E-state index in [1.54, 1.807) is 0 Å². The molecule has 0 heterocycles. The molecule has 152 valence electrons. The Kier molecular flexibility index (Phi) is 5.98. The summed E-state index contributed by atoms with van der Waals surface area (Å²) in [5.74, 6) is -1.74. The van der Waals surface area contributed by atoms with Crippen molar-refractivity contribution >= 4 is 34.9 Å². The van der Waals surface area contributed by atoms with Gasteiger partial charge in [-0.3, -0.25) is 14.4 Å². The van der Waals surface area contributed by atoms with E-state index < -0.39 is 41.2 Å². The van der Waals surface area contributed by atoms with Gasteiger partial charge in [-0.15, -0.1) is 0 Å². The van der Waals surface area contributed by atoms with Gasteiger partial charge in [0.25, 0.3) is 5.91 Å². The number of Topliss-reactive ketones (excluding diaryl/α,β-unsaturated/α-hetero) is 1. The first-order valence-electron chi connectivity index (χ1n) is 9.02. The molecule has 0 aromatic heterocycles. The van der Waals surface area contributed by atoms with E-state index in [2.05, 4.69) is 5.32 Å². The number of benzene rings is 1. The molecule has 1 N–H and O–H groups in total. The van der Waals surface area contributed by atoms with Crippen molar-refractivity contribution in [2.45, 2.75) is 38.3 Å². The molecule has 9 heteroatoms. The zero-order valence-electron chi connectivity index (χ0n) is 14.9. The number of fused-ring (bicyclic) bond motifs is 2. The number of halogens is 4. The Bertz CT molecular complexity index is 780. The predicted molar refractivity (Wildman–Crippen MR) is 94.6 cm³/mol. The Labute approximate surface area is 164 Å². The smallest absolute Gasteiger partial charge is 0.417 e. The summed E-state index contributed by atoms with van der Waals surface area (Å²) in [6, 6.07) is 2.98. The van der Waals surface area contributed by atoms with E-state index in [4.69, 9.17) is 16.3 Å². The predicted octanol–water partition coefficient (Wildman–Crippen LogP) is 4.24. The molecule has 2 fully saturated rings. The Morgan fingerprint density at radius 2 is 1.82 bits per heavy atom. The highest BCUT2D eigenvalue weighted by Gasteiger charge is 2.42. The van der Waals surface area contributed by atoms with Gasteiger partial charge in [-0.05, 0) is 43.9 Å². The zero-order chi connectivity index (χ0) is 20.5. The number of nitrogens with one attached hydrogen (secondary N) is 1. The Balaban J connectivity index is 1.53. The third-order valence-corrected chi connectivity index (χ3v) is 5.61. The molecule has 3 rings (SSSR count). The minimum absolute atomic E-state index is 0.101. The number of hydrogen-bond donors (Lipinski definition) is 1. The van der Waals surface area contributed by atoms with Gasteiger partial charge in [-0.1, -0.05) is 18.0 Å². The van der Waals surface area contributed by atoms with E-state index in [9.17, 15) is 27.6 Å². The maximum Gasteiger partial charge on any atom is 0.417 e. The summed E-state index contributed by atoms with van der Waals surface area (Å²) in [5, 5.41) is 1.78. The second-order valence-electron chi connectivity index (χ2n) is 7.24. The number of carbonyl (C=O) groups is 3. The first-order chi connectivity index (χ1) is 13.1. The normalized spacial score (nSPS) is 24.6. The molecule has 1 aromatic rings. The van der Waals surface area contributed by atoms with Gasteiger partial charge in [-0.25, -0.2) is 0 Å². The summed E-state index contributed by atoms with van der Waals surface area (Å²) >= 11 is 5.53. The van der Waals surface area contributed by atoms with Gasteiger partial charge < -0.3 is 10.1 Å². The minimum atomic E-state index is -4.65. The zero-order valence-corrected chi connectivity index (χ0v) is 15.6. The largest absolute Gasteiger partial charge is 0.455 e. The minimum Gasteiger partial charge on any atom is -0.455 e. The molecule has 1 aromatic carbocycles. The van der Waals surface area contributed by atoms with Gasteiger partial charge in [0, 0.05) is 17.5 Å². The first kappa shape index (κ1) is 20.6. The summed E-state index contributed by atoms with van der Waals surface area (Å²) in [7, 11) is 0. The molecule has 0 saturated heterocycles. The topological polar surface area (TPSA) is 72.5 Å². The lowest BCUT2D eigenvalue weighted by Gasteiger charge is -2.36. The summed E-state index contributed by atoms with van der Waals surface area (Å²) < 4.78 is 43.6. The lowest BCUT2D eigenvalue weighted by molar-refractivity contribution is -0.155. The lowest BCUT2D eigenvalue weighted by Crippen LogP contribution is -2.40. The first-order valence-corrected chi connectivity index (χ1v) is 9.40. The molecule has 0 radical (unpaired) electrons. The Morgan fingerprint density at radius 1 is 1.18 bits per heavy atom. The van der Waals surface area contributed by atoms with Gasteiger partial charge in [-0.2, -0.15) is 13.2 Å². The Hall–Kier alpha value is -2.09. The van der Waals surface area contributed by atoms with Crippen molar-refractivity contribution in [3.8, 4) is 0 Å². The fourth-order valence-corrected chi connectivity index (χ4v) is 4.17. The number of esters is 1. The van der Waals surface area contributed by atoms with Crippen LogP contribution in [-0.4, -0.2) is 24.3 Å². The maximum atomic E-state index is 12.9. The van der Waals surface area contributed by atoms with E-state index in [-0.39, 0.29) is 23.3 Å². The van der Waals surface area contributed by atoms with E-state index in [0.717, 1.165) is 31.4 Å². The third-order valence-electron chi connectivity index (χ3n) is 5.28. The summed E-state index contributed by atoms with van der Waals surface area (Å²) in [6.45, 7) is -0.609. The molecule has 2 saturated carbocycles. The van der Waals surface area contributed by atoms with Crippen LogP contribution in [0.1, 0.15) is 37.7 Å². The fourth-order valence-electron chi connectivity index (χ4n) is 3.94. The molecule has 0 spiro atoms. The lowest BCUT2D eigenvalue weighted by atomic mass is 9.67. The second kappa shape index (κ2) is 8.11. The van der Waals surface area contributed by atoms with Gasteiger partial charge >= 0.3 is 12.1 Å². The highest BCUT2D eigenvalue weighted by Crippen LogP contribution is 2.40. The van der Waals surface area contributed by atoms with Gasteiger partial charge in [0.05, 0.1) is 16.5 Å². The molecule has 5 nitrogen and oxygen atoms in total. The van der Waals surface area contributed by atoms with E-state index in [0.29, 0.717) is 12.8 Å². The van der Waals surface area contributed by atoms with E-state index in [1.807, 2.05) is 0 Å². The standard InChI is InChI=1S/C19H19ClF3NO4/c20-15-5-4-13(8-14(15)19(21,22)23)24-16(25)9-28-18(27)12-6-10-2-1-3-11(7-12)17(10)26/h4-5,8,10-12H,1-3,6-7,9H2,(H,24,25)/t10-,11+,12?. The Morgan fingerprint density at radius 3 is 2.43 bits per heavy atom. The van der Waals surface area contributed by atoms with Crippen LogP contribution in [0.4, 0.5) is 18.9 Å². The number of anilines is 1. The fraction of sp³-hybridized carbons (Fsp3) is 0.526. The summed E-state index contributed by atoms with van der Waals surface area (Å²) in [4.78, 5) is 36.2. The van der Waals surface area contributed by atoms with Gasteiger partial charge in [0.15, 0.2) is 6.61 Å². The molecule has 3 atom stereocenters. The quantitative estimate of drug-likeness (QED) is 0.744. The van der Waals surface area contributed by atoms with Crippen molar-refractivity contribution in [2.75, 3.05) is 11.9 Å². The van der Waals surface area contributed by atoms with Crippen LogP contribution in [0.15, 0.2) is 18.2 Å². The monoisotopic (exact) mass is 417 g/mol. The molecular weight excluding hydrogens is 399 g/mol. The van der Waals surface area contributed by atoms with Crippen LogP contribution in [0.3, 0.4) is 0 Å². The van der Waals surface area contributed by atoms with Crippen LogP contribution in [0, 0.1) is 17.8 Å². The number of alkyl halides is 3. The van der Waals surface area contributed by atoms with Crippen molar-refractivity contribution in [3.63, 3.8) is 0 Å². The molecule has 2 aliphatic carbocycles.